The summed E-state index contributed by atoms with van der Waals surface area (Å²) in [4.78, 5) is 18.5. The van der Waals surface area contributed by atoms with Crippen LogP contribution >= 0.6 is 0 Å². The quantitative estimate of drug-likeness (QED) is 0.919. The van der Waals surface area contributed by atoms with Crippen LogP contribution in [0.1, 0.15) is 23.3 Å². The van der Waals surface area contributed by atoms with Crippen molar-refractivity contribution in [1.29, 1.82) is 0 Å². The molecule has 1 aliphatic heterocycles. The molecule has 3 rings (SSSR count). The number of benzene rings is 1. The Bertz CT molecular complexity index is 594. The Kier molecular flexibility index (Phi) is 3.52. The zero-order chi connectivity index (χ0) is 13.9. The molecule has 0 bridgehead atoms. The number of imidazole rings is 1. The zero-order valence-electron chi connectivity index (χ0n) is 11.1. The largest absolute Gasteiger partial charge is 0.394 e. The van der Waals surface area contributed by atoms with Crippen LogP contribution in [0.4, 0.5) is 0 Å². The first-order valence-corrected chi connectivity index (χ1v) is 6.81. The molecular formula is C15H17N3O2. The molecule has 20 heavy (non-hydrogen) atoms. The van der Waals surface area contributed by atoms with Crippen LogP contribution in [0.15, 0.2) is 42.9 Å². The highest BCUT2D eigenvalue weighted by Gasteiger charge is 2.30. The first-order valence-electron chi connectivity index (χ1n) is 6.81. The smallest absolute Gasteiger partial charge is 0.272 e. The Morgan fingerprint density at radius 1 is 1.35 bits per heavy atom. The maximum Gasteiger partial charge on any atom is 0.272 e. The number of aliphatic hydroxyl groups is 1. The Morgan fingerprint density at radius 2 is 2.15 bits per heavy atom. The lowest BCUT2D eigenvalue weighted by atomic mass is 10.2. The van der Waals surface area contributed by atoms with E-state index in [-0.39, 0.29) is 18.6 Å². The van der Waals surface area contributed by atoms with Gasteiger partial charge in [-0.25, -0.2) is 4.98 Å². The van der Waals surface area contributed by atoms with E-state index in [1.54, 1.807) is 22.0 Å². The van der Waals surface area contributed by atoms with Crippen molar-refractivity contribution in [3.63, 3.8) is 0 Å². The number of carbonyl (C=O) groups is 1. The monoisotopic (exact) mass is 271 g/mol. The first-order chi connectivity index (χ1) is 9.81. The van der Waals surface area contributed by atoms with Crippen LogP contribution in [-0.2, 0) is 0 Å². The predicted molar refractivity (Wildman–Crippen MR) is 74.7 cm³/mol. The Morgan fingerprint density at radius 3 is 2.90 bits per heavy atom. The molecule has 1 N–H and O–H groups in total. The molecule has 2 heterocycles. The maximum atomic E-state index is 12.6. The second kappa shape index (κ2) is 5.46. The van der Waals surface area contributed by atoms with Crippen molar-refractivity contribution in [2.45, 2.75) is 18.9 Å². The van der Waals surface area contributed by atoms with Gasteiger partial charge < -0.3 is 10.0 Å². The van der Waals surface area contributed by atoms with E-state index in [4.69, 9.17) is 0 Å². The van der Waals surface area contributed by atoms with E-state index in [0.717, 1.165) is 18.5 Å². The average molecular weight is 271 g/mol. The average Bonchev–Trinajstić information content (AvgIpc) is 3.16. The van der Waals surface area contributed by atoms with E-state index in [1.165, 1.54) is 0 Å². The molecule has 0 aliphatic carbocycles. The number of hydrogen-bond acceptors (Lipinski definition) is 3. The van der Waals surface area contributed by atoms with E-state index in [0.29, 0.717) is 12.2 Å². The minimum Gasteiger partial charge on any atom is -0.394 e. The van der Waals surface area contributed by atoms with Gasteiger partial charge in [0.15, 0.2) is 0 Å². The summed E-state index contributed by atoms with van der Waals surface area (Å²) in [6.07, 6.45) is 5.03. The SMILES string of the molecule is O=C(c1cncn1-c1ccccc1)N1CCC[C@@H]1CO. The summed E-state index contributed by atoms with van der Waals surface area (Å²) < 4.78 is 1.79. The second-order valence-electron chi connectivity index (χ2n) is 4.96. The zero-order valence-corrected chi connectivity index (χ0v) is 11.1. The fourth-order valence-electron chi connectivity index (χ4n) is 2.69. The number of para-hydroxylation sites is 1. The second-order valence-corrected chi connectivity index (χ2v) is 4.96. The number of nitrogens with zero attached hydrogens (tertiary/aromatic N) is 3. The molecular weight excluding hydrogens is 254 g/mol. The summed E-state index contributed by atoms with van der Waals surface area (Å²) in [6, 6.07) is 9.59. The van der Waals surface area contributed by atoms with Crippen LogP contribution in [0.25, 0.3) is 5.69 Å². The third kappa shape index (κ3) is 2.20. The number of amides is 1. The molecule has 1 fully saturated rings. The predicted octanol–water partition coefficient (Wildman–Crippen LogP) is 1.47. The van der Waals surface area contributed by atoms with Crippen LogP contribution in [-0.4, -0.2) is 44.7 Å². The minimum atomic E-state index is -0.0679. The minimum absolute atomic E-state index is 0.0191. The van der Waals surface area contributed by atoms with Gasteiger partial charge in [-0.1, -0.05) is 18.2 Å². The highest BCUT2D eigenvalue weighted by atomic mass is 16.3. The number of likely N-dealkylation sites (tertiary alicyclic amines) is 1. The van der Waals surface area contributed by atoms with Gasteiger partial charge in [0.1, 0.15) is 5.69 Å². The van der Waals surface area contributed by atoms with Gasteiger partial charge in [0.25, 0.3) is 5.91 Å². The number of hydrogen-bond donors (Lipinski definition) is 1. The van der Waals surface area contributed by atoms with Gasteiger partial charge in [0.05, 0.1) is 25.2 Å². The molecule has 1 saturated heterocycles. The molecule has 1 atom stereocenters. The lowest BCUT2D eigenvalue weighted by Gasteiger charge is -2.23. The van der Waals surface area contributed by atoms with Crippen LogP contribution in [0.2, 0.25) is 0 Å². The summed E-state index contributed by atoms with van der Waals surface area (Å²) in [5.74, 6) is -0.0668. The summed E-state index contributed by atoms with van der Waals surface area (Å²) >= 11 is 0. The molecule has 2 aromatic rings. The van der Waals surface area contributed by atoms with Crippen molar-refractivity contribution in [3.05, 3.63) is 48.5 Å². The van der Waals surface area contributed by atoms with E-state index in [2.05, 4.69) is 4.98 Å². The molecule has 1 aliphatic rings. The molecule has 0 unspecified atom stereocenters. The van der Waals surface area contributed by atoms with Crippen molar-refractivity contribution < 1.29 is 9.90 Å². The fraction of sp³-hybridized carbons (Fsp3) is 0.333. The number of aromatic nitrogens is 2. The summed E-state index contributed by atoms with van der Waals surface area (Å²) in [6.45, 7) is 0.718. The highest BCUT2D eigenvalue weighted by Crippen LogP contribution is 2.21. The van der Waals surface area contributed by atoms with Gasteiger partial charge in [-0.05, 0) is 25.0 Å². The van der Waals surface area contributed by atoms with E-state index in [9.17, 15) is 9.90 Å². The van der Waals surface area contributed by atoms with E-state index < -0.39 is 0 Å². The van der Waals surface area contributed by atoms with Crippen molar-refractivity contribution in [2.24, 2.45) is 0 Å². The van der Waals surface area contributed by atoms with Crippen molar-refractivity contribution in [1.82, 2.24) is 14.5 Å². The number of carbonyl (C=O) groups excluding carboxylic acids is 1. The lowest BCUT2D eigenvalue weighted by molar-refractivity contribution is 0.0669. The number of rotatable bonds is 3. The van der Waals surface area contributed by atoms with Crippen LogP contribution in [0.3, 0.4) is 0 Å². The Hall–Kier alpha value is -2.14. The van der Waals surface area contributed by atoms with Gasteiger partial charge in [0.2, 0.25) is 0 Å². The molecule has 5 heteroatoms. The summed E-state index contributed by atoms with van der Waals surface area (Å²) in [5.41, 5.74) is 1.45. The van der Waals surface area contributed by atoms with Gasteiger partial charge in [0, 0.05) is 12.2 Å². The molecule has 1 amide bonds. The number of aliphatic hydroxyl groups excluding tert-OH is 1. The van der Waals surface area contributed by atoms with Crippen LogP contribution in [0.5, 0.6) is 0 Å². The Balaban J connectivity index is 1.92. The molecule has 1 aromatic carbocycles. The third-order valence-electron chi connectivity index (χ3n) is 3.74. The molecule has 0 spiro atoms. The Labute approximate surface area is 117 Å². The standard InChI is InChI=1S/C15H17N3O2/c19-10-13-7-4-8-17(13)15(20)14-9-16-11-18(14)12-5-2-1-3-6-12/h1-3,5-6,9,11,13,19H,4,7-8,10H2/t13-/m1/s1. The fourth-order valence-corrected chi connectivity index (χ4v) is 2.69. The van der Waals surface area contributed by atoms with Gasteiger partial charge in [-0.15, -0.1) is 0 Å². The van der Waals surface area contributed by atoms with Crippen LogP contribution in [0, 0.1) is 0 Å². The lowest BCUT2D eigenvalue weighted by Crippen LogP contribution is -2.38. The van der Waals surface area contributed by atoms with Crippen molar-refractivity contribution in [2.75, 3.05) is 13.2 Å². The third-order valence-corrected chi connectivity index (χ3v) is 3.74. The van der Waals surface area contributed by atoms with Crippen molar-refractivity contribution in [3.8, 4) is 5.69 Å². The van der Waals surface area contributed by atoms with Crippen LogP contribution < -0.4 is 0 Å². The first kappa shape index (κ1) is 12.9. The normalized spacial score (nSPS) is 18.4. The molecule has 5 nitrogen and oxygen atoms in total. The summed E-state index contributed by atoms with van der Waals surface area (Å²) in [5, 5.41) is 9.35. The topological polar surface area (TPSA) is 58.4 Å². The molecule has 0 radical (unpaired) electrons. The molecule has 1 aromatic heterocycles. The van der Waals surface area contributed by atoms with E-state index >= 15 is 0 Å². The van der Waals surface area contributed by atoms with Gasteiger partial charge in [-0.2, -0.15) is 0 Å². The maximum absolute atomic E-state index is 12.6. The summed E-state index contributed by atoms with van der Waals surface area (Å²) in [7, 11) is 0. The van der Waals surface area contributed by atoms with Gasteiger partial charge in [-0.3, -0.25) is 9.36 Å². The van der Waals surface area contributed by atoms with Gasteiger partial charge >= 0.3 is 0 Å². The molecule has 0 saturated carbocycles. The van der Waals surface area contributed by atoms with E-state index in [1.807, 2.05) is 30.3 Å². The highest BCUT2D eigenvalue weighted by molar-refractivity contribution is 5.93. The van der Waals surface area contributed by atoms with Crippen molar-refractivity contribution >= 4 is 5.91 Å². The molecule has 104 valence electrons.